The summed E-state index contributed by atoms with van der Waals surface area (Å²) in [6.07, 6.45) is 0.602. The highest BCUT2D eigenvalue weighted by atomic mass is 32.2. The first-order chi connectivity index (χ1) is 12.8. The van der Waals surface area contributed by atoms with Gasteiger partial charge in [0, 0.05) is 12.3 Å². The summed E-state index contributed by atoms with van der Waals surface area (Å²) in [7, 11) is -3.90. The molecule has 3 rings (SSSR count). The molecule has 0 spiro atoms. The zero-order chi connectivity index (χ0) is 19.6. The molecule has 1 N–H and O–H groups in total. The molecule has 1 amide bonds. The average Bonchev–Trinajstić information content (AvgIpc) is 3.10. The lowest BCUT2D eigenvalue weighted by Gasteiger charge is -2.12. The second-order valence-corrected chi connectivity index (χ2v) is 8.55. The highest BCUT2D eigenvalue weighted by molar-refractivity contribution is 7.91. The third kappa shape index (κ3) is 4.89. The Morgan fingerprint density at radius 1 is 1.25 bits per heavy atom. The Balaban J connectivity index is 0.00000280. The lowest BCUT2D eigenvalue weighted by molar-refractivity contribution is 0.102. The molecule has 28 heavy (non-hydrogen) atoms. The van der Waals surface area contributed by atoms with Gasteiger partial charge in [0.2, 0.25) is 0 Å². The number of sulfone groups is 1. The van der Waals surface area contributed by atoms with Crippen LogP contribution in [0.1, 0.15) is 22.3 Å². The molecular weight excluding hydrogens is 408 g/mol. The predicted octanol–water partition coefficient (Wildman–Crippen LogP) is 3.45. The quantitative estimate of drug-likeness (QED) is 0.790. The minimum Gasteiger partial charge on any atom is -0.381 e. The third-order valence-electron chi connectivity index (χ3n) is 4.44. The lowest BCUT2D eigenvalue weighted by Crippen LogP contribution is -2.20. The first-order valence-corrected chi connectivity index (χ1v) is 10.1. The molecule has 1 atom stereocenters. The van der Waals surface area contributed by atoms with Gasteiger partial charge >= 0.3 is 0 Å². The molecule has 1 aliphatic rings. The van der Waals surface area contributed by atoms with Crippen LogP contribution < -0.4 is 5.32 Å². The standard InChI is InChI=1S/C19H19F2NO4S.H2S/c1-12-9-14(5-6-16(12)20)22-19(23)15-3-2-4-17(18(15)21)27(24,25)11-13-7-8-26-10-13;/h2-6,9,13H,7-8,10-11H2,1H3,(H,22,23);1H2/t13-;/m0./s1. The summed E-state index contributed by atoms with van der Waals surface area (Å²) >= 11 is 0. The van der Waals surface area contributed by atoms with Gasteiger partial charge in [-0.2, -0.15) is 13.5 Å². The van der Waals surface area contributed by atoms with Crippen LogP contribution in [0.4, 0.5) is 14.5 Å². The first kappa shape index (κ1) is 22.3. The normalized spacial score (nSPS) is 16.5. The molecule has 0 aromatic heterocycles. The van der Waals surface area contributed by atoms with Crippen LogP contribution in [-0.2, 0) is 14.6 Å². The monoisotopic (exact) mass is 429 g/mol. The summed E-state index contributed by atoms with van der Waals surface area (Å²) in [5.74, 6) is -2.74. The molecule has 1 heterocycles. The number of carbonyl (C=O) groups is 1. The van der Waals surface area contributed by atoms with E-state index in [9.17, 15) is 22.0 Å². The van der Waals surface area contributed by atoms with Crippen molar-refractivity contribution in [2.45, 2.75) is 18.2 Å². The molecule has 0 radical (unpaired) electrons. The third-order valence-corrected chi connectivity index (χ3v) is 6.33. The van der Waals surface area contributed by atoms with E-state index in [0.717, 1.165) is 6.07 Å². The van der Waals surface area contributed by atoms with Crippen molar-refractivity contribution in [2.24, 2.45) is 5.92 Å². The highest BCUT2D eigenvalue weighted by Gasteiger charge is 2.28. The number of aryl methyl sites for hydroxylation is 1. The van der Waals surface area contributed by atoms with Gasteiger partial charge < -0.3 is 10.1 Å². The van der Waals surface area contributed by atoms with Crippen LogP contribution in [0.5, 0.6) is 0 Å². The Labute approximate surface area is 169 Å². The topological polar surface area (TPSA) is 72.5 Å². The molecule has 2 aromatic carbocycles. The summed E-state index contributed by atoms with van der Waals surface area (Å²) < 4.78 is 58.4. The Morgan fingerprint density at radius 2 is 2.00 bits per heavy atom. The molecule has 152 valence electrons. The number of anilines is 1. The van der Waals surface area contributed by atoms with Gasteiger partial charge in [0.15, 0.2) is 15.7 Å². The Hall–Kier alpha value is -1.97. The molecule has 1 saturated heterocycles. The SMILES string of the molecule is Cc1cc(NC(=O)c2cccc(S(=O)(=O)C[C@H]3CCOC3)c2F)ccc1F.S. The number of nitrogens with one attached hydrogen (secondary N) is 1. The van der Waals surface area contributed by atoms with Crippen molar-refractivity contribution in [3.8, 4) is 0 Å². The maximum Gasteiger partial charge on any atom is 0.258 e. The van der Waals surface area contributed by atoms with Crippen LogP contribution in [0.3, 0.4) is 0 Å². The van der Waals surface area contributed by atoms with Gasteiger partial charge in [-0.3, -0.25) is 4.79 Å². The predicted molar refractivity (Wildman–Crippen MR) is 107 cm³/mol. The smallest absolute Gasteiger partial charge is 0.258 e. The number of ether oxygens (including phenoxy) is 1. The molecule has 1 fully saturated rings. The second kappa shape index (κ2) is 9.02. The summed E-state index contributed by atoms with van der Waals surface area (Å²) in [4.78, 5) is 11.9. The average molecular weight is 430 g/mol. The van der Waals surface area contributed by atoms with Crippen LogP contribution in [0, 0.1) is 24.5 Å². The fourth-order valence-electron chi connectivity index (χ4n) is 2.96. The van der Waals surface area contributed by atoms with Crippen molar-refractivity contribution < 1.29 is 26.7 Å². The van der Waals surface area contributed by atoms with E-state index in [1.807, 2.05) is 0 Å². The van der Waals surface area contributed by atoms with E-state index in [2.05, 4.69) is 5.32 Å². The number of carbonyl (C=O) groups excluding carboxylic acids is 1. The van der Waals surface area contributed by atoms with Crippen molar-refractivity contribution in [2.75, 3.05) is 24.3 Å². The maximum atomic E-state index is 14.8. The number of amides is 1. The van der Waals surface area contributed by atoms with Gasteiger partial charge in [0.25, 0.3) is 5.91 Å². The number of benzene rings is 2. The minimum atomic E-state index is -3.90. The summed E-state index contributed by atoms with van der Waals surface area (Å²) in [5.41, 5.74) is 0.221. The molecule has 0 saturated carbocycles. The number of halogens is 2. The summed E-state index contributed by atoms with van der Waals surface area (Å²) in [6, 6.07) is 7.63. The molecule has 0 unspecified atom stereocenters. The summed E-state index contributed by atoms with van der Waals surface area (Å²) in [6.45, 7) is 2.35. The van der Waals surface area contributed by atoms with Gasteiger partial charge in [0.1, 0.15) is 10.7 Å². The van der Waals surface area contributed by atoms with Crippen LogP contribution in [-0.4, -0.2) is 33.3 Å². The Bertz CT molecular complexity index is 974. The molecule has 5 nitrogen and oxygen atoms in total. The zero-order valence-electron chi connectivity index (χ0n) is 15.2. The van der Waals surface area contributed by atoms with E-state index in [-0.39, 0.29) is 36.4 Å². The van der Waals surface area contributed by atoms with Crippen molar-refractivity contribution in [3.63, 3.8) is 0 Å². The van der Waals surface area contributed by atoms with E-state index in [4.69, 9.17) is 4.74 Å². The Kier molecular flexibility index (Phi) is 7.19. The molecule has 0 aliphatic carbocycles. The van der Waals surface area contributed by atoms with Gasteiger partial charge in [-0.1, -0.05) is 6.07 Å². The van der Waals surface area contributed by atoms with Crippen LogP contribution >= 0.6 is 13.5 Å². The van der Waals surface area contributed by atoms with Gasteiger partial charge in [0.05, 0.1) is 17.9 Å². The van der Waals surface area contributed by atoms with Gasteiger partial charge in [-0.05, 0) is 55.2 Å². The van der Waals surface area contributed by atoms with Crippen molar-refractivity contribution in [1.29, 1.82) is 0 Å². The molecule has 9 heteroatoms. The van der Waals surface area contributed by atoms with E-state index in [0.29, 0.717) is 25.2 Å². The number of hydrogen-bond acceptors (Lipinski definition) is 4. The van der Waals surface area contributed by atoms with E-state index in [1.165, 1.54) is 37.3 Å². The largest absolute Gasteiger partial charge is 0.381 e. The molecule has 0 bridgehead atoms. The minimum absolute atomic E-state index is 0. The van der Waals surface area contributed by atoms with E-state index >= 15 is 0 Å². The van der Waals surface area contributed by atoms with Crippen molar-refractivity contribution in [3.05, 3.63) is 59.2 Å². The van der Waals surface area contributed by atoms with Gasteiger partial charge in [-0.15, -0.1) is 0 Å². The fourth-order valence-corrected chi connectivity index (χ4v) is 4.69. The van der Waals surface area contributed by atoms with Crippen molar-refractivity contribution in [1.82, 2.24) is 0 Å². The van der Waals surface area contributed by atoms with Crippen molar-refractivity contribution >= 4 is 34.9 Å². The van der Waals surface area contributed by atoms with Gasteiger partial charge in [-0.25, -0.2) is 17.2 Å². The van der Waals surface area contributed by atoms with Crippen LogP contribution in [0.15, 0.2) is 41.3 Å². The summed E-state index contributed by atoms with van der Waals surface area (Å²) in [5, 5.41) is 2.46. The Morgan fingerprint density at radius 3 is 2.64 bits per heavy atom. The first-order valence-electron chi connectivity index (χ1n) is 8.44. The molecular formula is C19H21F2NO4S2. The van der Waals surface area contributed by atoms with Crippen LogP contribution in [0.2, 0.25) is 0 Å². The number of hydrogen-bond donors (Lipinski definition) is 1. The maximum absolute atomic E-state index is 14.8. The van der Waals surface area contributed by atoms with E-state index < -0.39 is 32.3 Å². The molecule has 1 aliphatic heterocycles. The van der Waals surface area contributed by atoms with E-state index in [1.54, 1.807) is 0 Å². The van der Waals surface area contributed by atoms with Crippen LogP contribution in [0.25, 0.3) is 0 Å². The number of rotatable bonds is 5. The fraction of sp³-hybridized carbons (Fsp3) is 0.316. The lowest BCUT2D eigenvalue weighted by atomic mass is 10.1. The second-order valence-electron chi connectivity index (χ2n) is 6.55. The zero-order valence-corrected chi connectivity index (χ0v) is 17.0. The molecule has 2 aromatic rings. The highest BCUT2D eigenvalue weighted by Crippen LogP contribution is 2.24.